The third kappa shape index (κ3) is 36.7. The molecule has 3 atom stereocenters. The van der Waals surface area contributed by atoms with Crippen LogP contribution < -0.4 is 5.73 Å². The Labute approximate surface area is 327 Å². The molecule has 0 aliphatic rings. The molecule has 12 heteroatoms. The van der Waals surface area contributed by atoms with Gasteiger partial charge in [0.25, 0.3) is 0 Å². The molecule has 0 fully saturated rings. The minimum Gasteiger partial charge on any atom is -0.480 e. The number of ether oxygens (including phenoxy) is 2. The maximum Gasteiger partial charge on any atom is 0.472 e. The minimum absolute atomic E-state index is 0.149. The average molecular weight is 786 g/mol. The molecule has 0 aliphatic heterocycles. The molecule has 54 heavy (non-hydrogen) atoms. The first-order valence-corrected chi connectivity index (χ1v) is 22.5. The van der Waals surface area contributed by atoms with Crippen molar-refractivity contribution in [2.45, 2.75) is 193 Å². The van der Waals surface area contributed by atoms with Gasteiger partial charge in [-0.1, -0.05) is 134 Å². The molecule has 0 aromatic carbocycles. The Morgan fingerprint density at radius 1 is 0.574 bits per heavy atom. The number of carboxylic acids is 1. The van der Waals surface area contributed by atoms with Crippen LogP contribution in [0.1, 0.15) is 181 Å². The van der Waals surface area contributed by atoms with Crippen molar-refractivity contribution in [3.8, 4) is 0 Å². The highest BCUT2D eigenvalue weighted by Crippen LogP contribution is 2.43. The van der Waals surface area contributed by atoms with Gasteiger partial charge in [-0.15, -0.1) is 0 Å². The zero-order valence-corrected chi connectivity index (χ0v) is 34.7. The third-order valence-corrected chi connectivity index (χ3v) is 9.81. The summed E-state index contributed by atoms with van der Waals surface area (Å²) in [5.41, 5.74) is 5.32. The van der Waals surface area contributed by atoms with Crippen LogP contribution in [0, 0.1) is 0 Å². The molecule has 0 aromatic heterocycles. The van der Waals surface area contributed by atoms with Gasteiger partial charge in [-0.3, -0.25) is 23.4 Å². The monoisotopic (exact) mass is 786 g/mol. The number of hydrogen-bond acceptors (Lipinski definition) is 9. The van der Waals surface area contributed by atoms with E-state index in [0.29, 0.717) is 12.8 Å². The normalized spacial score (nSPS) is 14.1. The molecule has 0 heterocycles. The van der Waals surface area contributed by atoms with Gasteiger partial charge in [-0.2, -0.15) is 0 Å². The van der Waals surface area contributed by atoms with Gasteiger partial charge in [0.2, 0.25) is 0 Å². The lowest BCUT2D eigenvalue weighted by molar-refractivity contribution is -0.161. The van der Waals surface area contributed by atoms with Crippen LogP contribution in [0.2, 0.25) is 0 Å². The molecule has 0 aromatic rings. The van der Waals surface area contributed by atoms with Crippen molar-refractivity contribution in [1.29, 1.82) is 0 Å². The molecule has 1 unspecified atom stereocenters. The highest BCUT2D eigenvalue weighted by molar-refractivity contribution is 7.47. The lowest BCUT2D eigenvalue weighted by atomic mass is 10.1. The quantitative estimate of drug-likeness (QED) is 0.0234. The van der Waals surface area contributed by atoms with Crippen molar-refractivity contribution in [3.05, 3.63) is 36.5 Å². The molecule has 0 amide bonds. The molecule has 0 radical (unpaired) electrons. The largest absolute Gasteiger partial charge is 0.480 e. The highest BCUT2D eigenvalue weighted by atomic mass is 31.2. The lowest BCUT2D eigenvalue weighted by Gasteiger charge is -2.20. The SMILES string of the molecule is CCCCC/C=C/C/C=C/CCCCCCCCCC(=O)OC[C@H](COP(=O)(O)OC[C@H](N)C(=O)O)OC(=O)CCCCCCC/C=C/CCCCCC. The first kappa shape index (κ1) is 51.7. The maximum atomic E-state index is 12.6. The zero-order chi connectivity index (χ0) is 40.0. The van der Waals surface area contributed by atoms with E-state index in [4.69, 9.17) is 24.8 Å². The van der Waals surface area contributed by atoms with E-state index >= 15 is 0 Å². The zero-order valence-electron chi connectivity index (χ0n) is 33.8. The topological polar surface area (TPSA) is 172 Å². The van der Waals surface area contributed by atoms with Crippen LogP contribution >= 0.6 is 7.82 Å². The summed E-state index contributed by atoms with van der Waals surface area (Å²) in [6, 6.07) is -1.52. The smallest absolute Gasteiger partial charge is 0.472 e. The number of rotatable bonds is 39. The third-order valence-electron chi connectivity index (χ3n) is 8.86. The Hall–Kier alpha value is -2.30. The Bertz CT molecular complexity index is 1060. The van der Waals surface area contributed by atoms with E-state index in [1.807, 2.05) is 0 Å². The van der Waals surface area contributed by atoms with Crippen LogP contribution in [0.25, 0.3) is 0 Å². The summed E-state index contributed by atoms with van der Waals surface area (Å²) in [6.45, 7) is 2.74. The molecule has 0 aliphatic carbocycles. The van der Waals surface area contributed by atoms with E-state index < -0.39 is 51.1 Å². The average Bonchev–Trinajstić information content (AvgIpc) is 3.14. The Morgan fingerprint density at radius 2 is 0.981 bits per heavy atom. The van der Waals surface area contributed by atoms with Gasteiger partial charge in [-0.05, 0) is 70.6 Å². The van der Waals surface area contributed by atoms with Gasteiger partial charge in [0.1, 0.15) is 12.6 Å². The van der Waals surface area contributed by atoms with Crippen LogP contribution in [0.3, 0.4) is 0 Å². The van der Waals surface area contributed by atoms with Gasteiger partial charge < -0.3 is 25.2 Å². The fourth-order valence-corrected chi connectivity index (χ4v) is 6.28. The molecule has 0 spiro atoms. The lowest BCUT2D eigenvalue weighted by Crippen LogP contribution is -2.34. The number of aliphatic carboxylic acids is 1. The summed E-state index contributed by atoms with van der Waals surface area (Å²) in [7, 11) is -4.72. The molecule has 314 valence electrons. The summed E-state index contributed by atoms with van der Waals surface area (Å²) in [6.07, 6.45) is 39.2. The summed E-state index contributed by atoms with van der Waals surface area (Å²) in [5.74, 6) is -2.40. The fourth-order valence-electron chi connectivity index (χ4n) is 5.50. The van der Waals surface area contributed by atoms with Crippen molar-refractivity contribution in [2.24, 2.45) is 5.73 Å². The molecular formula is C42H76NO10P. The van der Waals surface area contributed by atoms with Crippen LogP contribution in [-0.2, 0) is 37.5 Å². The molecular weight excluding hydrogens is 709 g/mol. The van der Waals surface area contributed by atoms with E-state index in [9.17, 15) is 23.8 Å². The van der Waals surface area contributed by atoms with Crippen LogP contribution in [0.15, 0.2) is 36.5 Å². The van der Waals surface area contributed by atoms with Crippen molar-refractivity contribution < 1.29 is 47.5 Å². The second-order valence-corrected chi connectivity index (χ2v) is 15.6. The van der Waals surface area contributed by atoms with E-state index in [1.165, 1.54) is 70.6 Å². The van der Waals surface area contributed by atoms with Crippen LogP contribution in [0.4, 0.5) is 0 Å². The van der Waals surface area contributed by atoms with Gasteiger partial charge in [0.15, 0.2) is 6.10 Å². The number of phosphoric acid groups is 1. The number of carbonyl (C=O) groups excluding carboxylic acids is 2. The van der Waals surface area contributed by atoms with Gasteiger partial charge >= 0.3 is 25.7 Å². The Balaban J connectivity index is 4.39. The van der Waals surface area contributed by atoms with Crippen LogP contribution in [-0.4, -0.2) is 59.9 Å². The minimum atomic E-state index is -4.72. The molecule has 0 rings (SSSR count). The van der Waals surface area contributed by atoms with E-state index in [-0.39, 0.29) is 19.4 Å². The number of hydrogen-bond donors (Lipinski definition) is 3. The van der Waals surface area contributed by atoms with Crippen LogP contribution in [0.5, 0.6) is 0 Å². The second-order valence-electron chi connectivity index (χ2n) is 14.1. The molecule has 0 saturated heterocycles. The summed E-state index contributed by atoms with van der Waals surface area (Å²) < 4.78 is 32.6. The number of nitrogens with two attached hydrogens (primary N) is 1. The predicted octanol–water partition coefficient (Wildman–Crippen LogP) is 10.8. The van der Waals surface area contributed by atoms with Crippen molar-refractivity contribution in [1.82, 2.24) is 0 Å². The summed E-state index contributed by atoms with van der Waals surface area (Å²) >= 11 is 0. The number of phosphoric ester groups is 1. The fraction of sp³-hybridized carbons (Fsp3) is 0.786. The van der Waals surface area contributed by atoms with Crippen molar-refractivity contribution >= 4 is 25.7 Å². The molecule has 0 bridgehead atoms. The first-order valence-electron chi connectivity index (χ1n) is 21.0. The van der Waals surface area contributed by atoms with Gasteiger partial charge in [0, 0.05) is 12.8 Å². The molecule has 11 nitrogen and oxygen atoms in total. The number of esters is 2. The maximum absolute atomic E-state index is 12.6. The molecule has 4 N–H and O–H groups in total. The number of carbonyl (C=O) groups is 3. The predicted molar refractivity (Wildman–Crippen MR) is 217 cm³/mol. The summed E-state index contributed by atoms with van der Waals surface area (Å²) in [4.78, 5) is 45.9. The van der Waals surface area contributed by atoms with Crippen molar-refractivity contribution in [3.63, 3.8) is 0 Å². The number of allylic oxidation sites excluding steroid dienone is 6. The summed E-state index contributed by atoms with van der Waals surface area (Å²) in [5, 5.41) is 8.87. The second kappa shape index (κ2) is 37.6. The Morgan fingerprint density at radius 3 is 1.50 bits per heavy atom. The standard InChI is InChI=1S/C42H76NO10P/c1-3-5-7-9-11-13-15-17-18-19-20-22-23-25-27-29-31-33-40(44)50-35-38(36-51-54(48,49)52-37-39(43)42(46)47)53-41(45)34-32-30-28-26-24-21-16-14-12-10-8-6-4-2/h11,13-14,16-18,38-39H,3-10,12,15,19-37,43H2,1-2H3,(H,46,47)(H,48,49)/b13-11+,16-14+,18-17+/t38-,39+/m1/s1. The number of carboxylic acid groups (broad SMARTS) is 1. The van der Waals surface area contributed by atoms with Crippen molar-refractivity contribution in [2.75, 3.05) is 19.8 Å². The first-order chi connectivity index (χ1) is 26.1. The van der Waals surface area contributed by atoms with Gasteiger partial charge in [0.05, 0.1) is 13.2 Å². The number of unbranched alkanes of at least 4 members (excludes halogenated alkanes) is 19. The van der Waals surface area contributed by atoms with E-state index in [0.717, 1.165) is 70.6 Å². The Kier molecular flexibility index (Phi) is 36.0. The van der Waals surface area contributed by atoms with Gasteiger partial charge in [-0.25, -0.2) is 4.57 Å². The highest BCUT2D eigenvalue weighted by Gasteiger charge is 2.28. The molecule has 0 saturated carbocycles. The van der Waals surface area contributed by atoms with E-state index in [1.54, 1.807) is 0 Å². The van der Waals surface area contributed by atoms with E-state index in [2.05, 4.69) is 54.8 Å².